The standard InChI is InChI=1S/C18H21N3O2S/c1-2-15-19-17(20-23-15)14-8-5-10-21(14)18(22)16-13-7-4-3-6-12(13)9-11-24-16/h3-4,6-7,14,16H,2,5,8-11H2,1H3/t14-,16-/m1/s1. The summed E-state index contributed by atoms with van der Waals surface area (Å²) in [5.74, 6) is 2.49. The van der Waals surface area contributed by atoms with E-state index >= 15 is 0 Å². The zero-order valence-corrected chi connectivity index (χ0v) is 14.6. The summed E-state index contributed by atoms with van der Waals surface area (Å²) in [5.41, 5.74) is 2.48. The van der Waals surface area contributed by atoms with Crippen LogP contribution in [-0.2, 0) is 17.6 Å². The summed E-state index contributed by atoms with van der Waals surface area (Å²) >= 11 is 1.75. The Balaban J connectivity index is 1.60. The van der Waals surface area contributed by atoms with Gasteiger partial charge in [-0.2, -0.15) is 4.98 Å². The average molecular weight is 343 g/mol. The van der Waals surface area contributed by atoms with E-state index < -0.39 is 0 Å². The highest BCUT2D eigenvalue weighted by Crippen LogP contribution is 2.41. The van der Waals surface area contributed by atoms with Crippen molar-refractivity contribution in [1.29, 1.82) is 0 Å². The molecule has 2 aliphatic heterocycles. The summed E-state index contributed by atoms with van der Waals surface area (Å²) in [6.45, 7) is 2.77. The number of nitrogens with zero attached hydrogens (tertiary/aromatic N) is 3. The number of aromatic nitrogens is 2. The van der Waals surface area contributed by atoms with Crippen molar-refractivity contribution in [2.24, 2.45) is 0 Å². The lowest BCUT2D eigenvalue weighted by atomic mass is 10.0. The molecule has 6 heteroatoms. The van der Waals surface area contributed by atoms with Gasteiger partial charge in [0.15, 0.2) is 5.82 Å². The molecule has 1 amide bonds. The zero-order valence-electron chi connectivity index (χ0n) is 13.8. The maximum absolute atomic E-state index is 13.2. The maximum Gasteiger partial charge on any atom is 0.240 e. The number of rotatable bonds is 3. The number of benzene rings is 1. The summed E-state index contributed by atoms with van der Waals surface area (Å²) < 4.78 is 5.25. The molecule has 5 nitrogen and oxygen atoms in total. The van der Waals surface area contributed by atoms with Crippen LogP contribution >= 0.6 is 11.8 Å². The second-order valence-electron chi connectivity index (χ2n) is 6.29. The van der Waals surface area contributed by atoms with E-state index in [1.165, 1.54) is 11.1 Å². The van der Waals surface area contributed by atoms with Gasteiger partial charge in [0, 0.05) is 13.0 Å². The first-order chi connectivity index (χ1) is 11.8. The van der Waals surface area contributed by atoms with E-state index in [1.807, 2.05) is 17.9 Å². The third-order valence-corrected chi connectivity index (χ3v) is 6.07. The smallest absolute Gasteiger partial charge is 0.240 e. The van der Waals surface area contributed by atoms with E-state index in [4.69, 9.17) is 4.52 Å². The molecule has 0 aliphatic carbocycles. The van der Waals surface area contributed by atoms with Gasteiger partial charge in [-0.25, -0.2) is 0 Å². The topological polar surface area (TPSA) is 59.2 Å². The lowest BCUT2D eigenvalue weighted by Gasteiger charge is -2.30. The molecule has 126 valence electrons. The summed E-state index contributed by atoms with van der Waals surface area (Å²) in [6, 6.07) is 8.28. The SMILES string of the molecule is CCc1nc([C@H]2CCCN2C(=O)[C@@H]2SCCc3ccccc32)no1. The van der Waals surface area contributed by atoms with Crippen molar-refractivity contribution >= 4 is 17.7 Å². The monoisotopic (exact) mass is 343 g/mol. The van der Waals surface area contributed by atoms with Gasteiger partial charge in [-0.3, -0.25) is 4.79 Å². The van der Waals surface area contributed by atoms with Crippen molar-refractivity contribution in [2.45, 2.75) is 43.9 Å². The molecule has 1 fully saturated rings. The van der Waals surface area contributed by atoms with Gasteiger partial charge in [0.25, 0.3) is 0 Å². The summed E-state index contributed by atoms with van der Waals surface area (Å²) in [7, 11) is 0. The predicted molar refractivity (Wildman–Crippen MR) is 92.7 cm³/mol. The summed E-state index contributed by atoms with van der Waals surface area (Å²) in [4.78, 5) is 19.7. The van der Waals surface area contributed by atoms with E-state index in [9.17, 15) is 4.79 Å². The average Bonchev–Trinajstić information content (AvgIpc) is 3.29. The Morgan fingerprint density at radius 2 is 2.29 bits per heavy atom. The van der Waals surface area contributed by atoms with Crippen molar-refractivity contribution in [1.82, 2.24) is 15.0 Å². The number of amides is 1. The van der Waals surface area contributed by atoms with Gasteiger partial charge in [0.05, 0.1) is 6.04 Å². The van der Waals surface area contributed by atoms with Crippen LogP contribution in [-0.4, -0.2) is 33.2 Å². The Morgan fingerprint density at radius 3 is 3.12 bits per heavy atom. The molecule has 24 heavy (non-hydrogen) atoms. The number of aryl methyl sites for hydroxylation is 2. The number of fused-ring (bicyclic) bond motifs is 1. The fourth-order valence-corrected chi connectivity index (χ4v) is 4.86. The quantitative estimate of drug-likeness (QED) is 0.855. The van der Waals surface area contributed by atoms with Crippen LogP contribution in [0.1, 0.15) is 53.9 Å². The molecule has 2 aliphatic rings. The van der Waals surface area contributed by atoms with Crippen molar-refractivity contribution in [3.05, 3.63) is 47.1 Å². The number of carbonyl (C=O) groups excluding carboxylic acids is 1. The Hall–Kier alpha value is -1.82. The Kier molecular flexibility index (Phi) is 4.31. The first-order valence-corrected chi connectivity index (χ1v) is 9.65. The first kappa shape index (κ1) is 15.7. The molecule has 2 aromatic rings. The first-order valence-electron chi connectivity index (χ1n) is 8.60. The minimum atomic E-state index is -0.104. The van der Waals surface area contributed by atoms with Gasteiger partial charge in [0.1, 0.15) is 5.25 Å². The highest BCUT2D eigenvalue weighted by atomic mass is 32.2. The van der Waals surface area contributed by atoms with Gasteiger partial charge < -0.3 is 9.42 Å². The maximum atomic E-state index is 13.2. The molecular formula is C18H21N3O2S. The summed E-state index contributed by atoms with van der Waals surface area (Å²) in [5, 5.41) is 4.00. The molecule has 0 unspecified atom stereocenters. The molecule has 3 heterocycles. The van der Waals surface area contributed by atoms with Crippen LogP contribution in [0.3, 0.4) is 0 Å². The highest BCUT2D eigenvalue weighted by molar-refractivity contribution is 8.00. The van der Waals surface area contributed by atoms with Crippen LogP contribution in [0, 0.1) is 0 Å². The van der Waals surface area contributed by atoms with Crippen molar-refractivity contribution in [3.63, 3.8) is 0 Å². The Morgan fingerprint density at radius 1 is 1.42 bits per heavy atom. The molecule has 0 bridgehead atoms. The molecule has 0 spiro atoms. The van der Waals surface area contributed by atoms with E-state index in [0.717, 1.165) is 38.0 Å². The van der Waals surface area contributed by atoms with Gasteiger partial charge in [-0.15, -0.1) is 11.8 Å². The molecule has 2 atom stereocenters. The van der Waals surface area contributed by atoms with Crippen LogP contribution in [0.15, 0.2) is 28.8 Å². The van der Waals surface area contributed by atoms with Crippen LogP contribution in [0.5, 0.6) is 0 Å². The number of likely N-dealkylation sites (tertiary alicyclic amines) is 1. The number of carbonyl (C=O) groups is 1. The number of thioether (sulfide) groups is 1. The Bertz CT molecular complexity index is 745. The third-order valence-electron chi connectivity index (χ3n) is 4.84. The van der Waals surface area contributed by atoms with Crippen molar-refractivity contribution in [2.75, 3.05) is 12.3 Å². The van der Waals surface area contributed by atoms with Gasteiger partial charge in [-0.05, 0) is 36.1 Å². The molecule has 4 rings (SSSR count). The number of hydrogen-bond acceptors (Lipinski definition) is 5. The largest absolute Gasteiger partial charge is 0.339 e. The normalized spacial score (nSPS) is 23.3. The molecule has 0 saturated carbocycles. The van der Waals surface area contributed by atoms with E-state index in [0.29, 0.717) is 11.7 Å². The van der Waals surface area contributed by atoms with Gasteiger partial charge in [0.2, 0.25) is 11.8 Å². The Labute approximate surface area is 145 Å². The zero-order chi connectivity index (χ0) is 16.5. The lowest BCUT2D eigenvalue weighted by molar-refractivity contribution is -0.131. The fraction of sp³-hybridized carbons (Fsp3) is 0.500. The van der Waals surface area contributed by atoms with Crippen LogP contribution in [0.2, 0.25) is 0 Å². The fourth-order valence-electron chi connectivity index (χ4n) is 3.60. The van der Waals surface area contributed by atoms with Crippen LogP contribution < -0.4 is 0 Å². The number of hydrogen-bond donors (Lipinski definition) is 0. The highest BCUT2D eigenvalue weighted by Gasteiger charge is 2.38. The molecule has 0 radical (unpaired) electrons. The minimum absolute atomic E-state index is 0.0451. The van der Waals surface area contributed by atoms with Crippen molar-refractivity contribution in [3.8, 4) is 0 Å². The summed E-state index contributed by atoms with van der Waals surface area (Å²) in [6.07, 6.45) is 3.66. The molecule has 0 N–H and O–H groups in total. The van der Waals surface area contributed by atoms with E-state index in [2.05, 4.69) is 28.3 Å². The van der Waals surface area contributed by atoms with Crippen LogP contribution in [0.4, 0.5) is 0 Å². The molecule has 1 aromatic carbocycles. The van der Waals surface area contributed by atoms with E-state index in [-0.39, 0.29) is 17.2 Å². The van der Waals surface area contributed by atoms with Crippen LogP contribution in [0.25, 0.3) is 0 Å². The lowest BCUT2D eigenvalue weighted by Crippen LogP contribution is -2.35. The second-order valence-corrected chi connectivity index (χ2v) is 7.50. The van der Waals surface area contributed by atoms with Crippen molar-refractivity contribution < 1.29 is 9.32 Å². The molecular weight excluding hydrogens is 322 g/mol. The molecule has 1 saturated heterocycles. The predicted octanol–water partition coefficient (Wildman–Crippen LogP) is 3.33. The molecule has 1 aromatic heterocycles. The second kappa shape index (κ2) is 6.59. The minimum Gasteiger partial charge on any atom is -0.339 e. The van der Waals surface area contributed by atoms with Gasteiger partial charge >= 0.3 is 0 Å². The van der Waals surface area contributed by atoms with Gasteiger partial charge in [-0.1, -0.05) is 36.3 Å². The third kappa shape index (κ3) is 2.73. The van der Waals surface area contributed by atoms with E-state index in [1.54, 1.807) is 11.8 Å².